The summed E-state index contributed by atoms with van der Waals surface area (Å²) in [5.41, 5.74) is -0.192. The molecular formula is C22H26F3N3O5S. The van der Waals surface area contributed by atoms with Crippen molar-refractivity contribution in [2.24, 2.45) is 5.92 Å². The van der Waals surface area contributed by atoms with Crippen LogP contribution in [0.15, 0.2) is 18.2 Å². The molecule has 186 valence electrons. The molecule has 2 aliphatic heterocycles. The van der Waals surface area contributed by atoms with Crippen molar-refractivity contribution in [1.82, 2.24) is 15.1 Å². The Morgan fingerprint density at radius 1 is 1.35 bits per heavy atom. The van der Waals surface area contributed by atoms with Gasteiger partial charge in [-0.3, -0.25) is 9.48 Å². The van der Waals surface area contributed by atoms with Gasteiger partial charge in [-0.05, 0) is 45.4 Å². The highest BCUT2D eigenvalue weighted by atomic mass is 32.2. The summed E-state index contributed by atoms with van der Waals surface area (Å²) in [5.74, 6) is -1.65. The van der Waals surface area contributed by atoms with Crippen molar-refractivity contribution in [2.45, 2.75) is 51.8 Å². The maximum Gasteiger partial charge on any atom is 0.387 e. The Morgan fingerprint density at radius 3 is 2.71 bits per heavy atom. The Hall–Kier alpha value is -2.76. The Bertz CT molecular complexity index is 1210. The minimum absolute atomic E-state index is 0.0205. The molecule has 1 aromatic carbocycles. The van der Waals surface area contributed by atoms with Crippen molar-refractivity contribution in [3.8, 4) is 22.8 Å². The minimum Gasteiger partial charge on any atom is -0.488 e. The van der Waals surface area contributed by atoms with E-state index in [0.717, 1.165) is 18.2 Å². The average molecular weight is 502 g/mol. The largest absolute Gasteiger partial charge is 0.488 e. The van der Waals surface area contributed by atoms with Crippen molar-refractivity contribution in [3.63, 3.8) is 0 Å². The molecule has 1 N–H and O–H groups in total. The van der Waals surface area contributed by atoms with E-state index in [4.69, 9.17) is 4.74 Å². The maximum absolute atomic E-state index is 14.6. The second-order valence-corrected chi connectivity index (χ2v) is 11.5. The van der Waals surface area contributed by atoms with Gasteiger partial charge >= 0.3 is 6.61 Å². The molecule has 4 rings (SSSR count). The molecule has 0 saturated carbocycles. The smallest absolute Gasteiger partial charge is 0.387 e. The van der Waals surface area contributed by atoms with Crippen LogP contribution in [0.3, 0.4) is 0 Å². The molecule has 0 bridgehead atoms. The third-order valence-corrected chi connectivity index (χ3v) is 7.94. The Kier molecular flexibility index (Phi) is 6.30. The van der Waals surface area contributed by atoms with Gasteiger partial charge in [0.15, 0.2) is 15.6 Å². The van der Waals surface area contributed by atoms with Crippen LogP contribution in [0.5, 0.6) is 11.5 Å². The first kappa shape index (κ1) is 24.4. The van der Waals surface area contributed by atoms with Gasteiger partial charge in [0.05, 0.1) is 28.7 Å². The number of carbonyl (C=O) groups excluding carboxylic acids is 1. The van der Waals surface area contributed by atoms with Gasteiger partial charge in [0.1, 0.15) is 23.9 Å². The number of halogens is 3. The molecule has 2 aromatic rings. The molecular weight excluding hydrogens is 475 g/mol. The van der Waals surface area contributed by atoms with Gasteiger partial charge in [-0.1, -0.05) is 0 Å². The zero-order valence-electron chi connectivity index (χ0n) is 19.0. The topological polar surface area (TPSA) is 99.5 Å². The van der Waals surface area contributed by atoms with Crippen LogP contribution in [0.1, 0.15) is 38.9 Å². The third kappa shape index (κ3) is 4.86. The number of amides is 1. The predicted molar refractivity (Wildman–Crippen MR) is 117 cm³/mol. The average Bonchev–Trinajstić information content (AvgIpc) is 3.25. The second-order valence-electron chi connectivity index (χ2n) is 9.29. The SMILES string of the molecule is CC(C)n1nc(-c2cc(OC(F)F)ccc2F)c2c1CC(C(=O)N[C@@]1(C)CCS(=O)(=O)C1)CO2. The minimum atomic E-state index is -3.19. The molecule has 3 heterocycles. The lowest BCUT2D eigenvalue weighted by atomic mass is 9.95. The van der Waals surface area contributed by atoms with Crippen molar-refractivity contribution in [3.05, 3.63) is 29.7 Å². The maximum atomic E-state index is 14.6. The molecule has 8 nitrogen and oxygen atoms in total. The summed E-state index contributed by atoms with van der Waals surface area (Å²) in [4.78, 5) is 13.0. The predicted octanol–water partition coefficient (Wildman–Crippen LogP) is 3.12. The first-order valence-electron chi connectivity index (χ1n) is 10.9. The molecule has 1 unspecified atom stereocenters. The Labute approximate surface area is 195 Å². The van der Waals surface area contributed by atoms with Crippen molar-refractivity contribution in [2.75, 3.05) is 18.1 Å². The van der Waals surface area contributed by atoms with E-state index in [-0.39, 0.29) is 59.2 Å². The highest BCUT2D eigenvalue weighted by Gasteiger charge is 2.42. The molecule has 0 spiro atoms. The van der Waals surface area contributed by atoms with Crippen molar-refractivity contribution in [1.29, 1.82) is 0 Å². The number of benzene rings is 1. The van der Waals surface area contributed by atoms with E-state index in [0.29, 0.717) is 12.1 Å². The fourth-order valence-electron chi connectivity index (χ4n) is 4.41. The van der Waals surface area contributed by atoms with Gasteiger partial charge in [0.2, 0.25) is 5.91 Å². The van der Waals surface area contributed by atoms with Gasteiger partial charge in [0, 0.05) is 18.0 Å². The van der Waals surface area contributed by atoms with Crippen molar-refractivity contribution >= 4 is 15.7 Å². The summed E-state index contributed by atoms with van der Waals surface area (Å²) in [6.45, 7) is 2.34. The summed E-state index contributed by atoms with van der Waals surface area (Å²) in [7, 11) is -3.19. The molecule has 0 aliphatic carbocycles. The lowest BCUT2D eigenvalue weighted by molar-refractivity contribution is -0.127. The van der Waals surface area contributed by atoms with Crippen LogP contribution < -0.4 is 14.8 Å². The van der Waals surface area contributed by atoms with Crippen LogP contribution in [-0.4, -0.2) is 54.4 Å². The molecule has 2 atom stereocenters. The summed E-state index contributed by atoms with van der Waals surface area (Å²) in [6, 6.07) is 3.10. The van der Waals surface area contributed by atoms with Gasteiger partial charge in [0.25, 0.3) is 0 Å². The van der Waals surface area contributed by atoms with E-state index < -0.39 is 33.7 Å². The third-order valence-electron chi connectivity index (χ3n) is 6.04. The monoisotopic (exact) mass is 501 g/mol. The molecule has 1 amide bonds. The van der Waals surface area contributed by atoms with E-state index in [2.05, 4.69) is 15.2 Å². The number of ether oxygens (including phenoxy) is 2. The zero-order chi connectivity index (χ0) is 24.8. The van der Waals surface area contributed by atoms with Crippen LogP contribution in [0.2, 0.25) is 0 Å². The van der Waals surface area contributed by atoms with Gasteiger partial charge in [-0.2, -0.15) is 13.9 Å². The van der Waals surface area contributed by atoms with E-state index in [1.54, 1.807) is 11.6 Å². The molecule has 1 aromatic heterocycles. The van der Waals surface area contributed by atoms with Crippen LogP contribution in [0.25, 0.3) is 11.3 Å². The summed E-state index contributed by atoms with van der Waals surface area (Å²) < 4.78 is 75.5. The first-order chi connectivity index (χ1) is 15.9. The van der Waals surface area contributed by atoms with E-state index in [1.807, 2.05) is 13.8 Å². The standard InChI is InChI=1S/C22H26F3N3O5S/c1-12(2)28-17-8-13(20(29)26-22(3)6-7-34(30,31)11-22)10-32-19(17)18(27-28)15-9-14(33-21(24)25)4-5-16(15)23/h4-5,9,12-13,21H,6-8,10-11H2,1-3H3,(H,26,29)/t13?,22-/m0/s1. The number of fused-ring (bicyclic) bond motifs is 1. The summed E-state index contributed by atoms with van der Waals surface area (Å²) in [5, 5.41) is 7.33. The molecule has 1 saturated heterocycles. The fraction of sp³-hybridized carbons (Fsp3) is 0.545. The lowest BCUT2D eigenvalue weighted by Crippen LogP contribution is -2.51. The highest BCUT2D eigenvalue weighted by molar-refractivity contribution is 7.91. The molecule has 34 heavy (non-hydrogen) atoms. The van der Waals surface area contributed by atoms with Crippen LogP contribution >= 0.6 is 0 Å². The molecule has 2 aliphatic rings. The number of rotatable bonds is 6. The zero-order valence-corrected chi connectivity index (χ0v) is 19.8. The first-order valence-corrected chi connectivity index (χ1v) is 12.7. The number of alkyl halides is 2. The highest BCUT2D eigenvalue weighted by Crippen LogP contribution is 2.40. The van der Waals surface area contributed by atoms with Gasteiger partial charge in [-0.15, -0.1) is 0 Å². The van der Waals surface area contributed by atoms with Gasteiger partial charge in [-0.25, -0.2) is 12.8 Å². The summed E-state index contributed by atoms with van der Waals surface area (Å²) >= 11 is 0. The van der Waals surface area contributed by atoms with E-state index in [1.165, 1.54) is 0 Å². The van der Waals surface area contributed by atoms with Crippen LogP contribution in [0, 0.1) is 11.7 Å². The Morgan fingerprint density at radius 2 is 2.09 bits per heavy atom. The Balaban J connectivity index is 1.63. The number of hydrogen-bond donors (Lipinski definition) is 1. The lowest BCUT2D eigenvalue weighted by Gasteiger charge is -2.29. The quantitative estimate of drug-likeness (QED) is 0.653. The number of aromatic nitrogens is 2. The number of carbonyl (C=O) groups is 1. The van der Waals surface area contributed by atoms with Crippen LogP contribution in [0.4, 0.5) is 13.2 Å². The van der Waals surface area contributed by atoms with E-state index >= 15 is 0 Å². The second kappa shape index (κ2) is 8.79. The van der Waals surface area contributed by atoms with Gasteiger partial charge < -0.3 is 14.8 Å². The van der Waals surface area contributed by atoms with E-state index in [9.17, 15) is 26.4 Å². The number of nitrogens with one attached hydrogen (secondary N) is 1. The number of hydrogen-bond acceptors (Lipinski definition) is 6. The van der Waals surface area contributed by atoms with Crippen LogP contribution in [-0.2, 0) is 21.1 Å². The number of sulfone groups is 1. The fourth-order valence-corrected chi connectivity index (χ4v) is 6.50. The normalized spacial score (nSPS) is 23.6. The molecule has 1 fully saturated rings. The van der Waals surface area contributed by atoms with Crippen molar-refractivity contribution < 1.29 is 35.9 Å². The molecule has 12 heteroatoms. The summed E-state index contributed by atoms with van der Waals surface area (Å²) in [6.07, 6.45) is 0.578. The number of nitrogens with zero attached hydrogens (tertiary/aromatic N) is 2. The molecule has 0 radical (unpaired) electrons.